The van der Waals surface area contributed by atoms with Crippen molar-refractivity contribution in [2.75, 3.05) is 11.4 Å². The van der Waals surface area contributed by atoms with Gasteiger partial charge in [-0.1, -0.05) is 91.0 Å². The van der Waals surface area contributed by atoms with Crippen LogP contribution >= 0.6 is 0 Å². The van der Waals surface area contributed by atoms with Gasteiger partial charge in [0.15, 0.2) is 0 Å². The zero-order chi connectivity index (χ0) is 24.2. The van der Waals surface area contributed by atoms with Crippen molar-refractivity contribution in [2.45, 2.75) is 18.4 Å². The lowest BCUT2D eigenvalue weighted by Crippen LogP contribution is -2.40. The number of anilines is 1. The van der Waals surface area contributed by atoms with Crippen LogP contribution in [0.4, 0.5) is 10.5 Å². The number of carbonyl (C=O) groups excluding carboxylic acids is 2. The lowest BCUT2D eigenvalue weighted by Gasteiger charge is -2.27. The number of imide groups is 1. The second-order valence-electron chi connectivity index (χ2n) is 8.70. The maximum absolute atomic E-state index is 14.2. The first-order chi connectivity index (χ1) is 17.1. The molecule has 0 spiro atoms. The van der Waals surface area contributed by atoms with Crippen LogP contribution in [0.15, 0.2) is 115 Å². The Balaban J connectivity index is 1.56. The smallest absolute Gasteiger partial charge is 0.331 e. The van der Waals surface area contributed by atoms with Crippen molar-refractivity contribution in [1.82, 2.24) is 4.90 Å². The molecule has 3 amide bonds. The summed E-state index contributed by atoms with van der Waals surface area (Å²) < 4.78 is 0. The Bertz CT molecular complexity index is 1290. The van der Waals surface area contributed by atoms with E-state index in [0.717, 1.165) is 22.4 Å². The van der Waals surface area contributed by atoms with E-state index in [1.165, 1.54) is 4.90 Å². The molecule has 4 aromatic rings. The van der Waals surface area contributed by atoms with Gasteiger partial charge in [0.1, 0.15) is 5.75 Å². The van der Waals surface area contributed by atoms with Crippen LogP contribution in [-0.2, 0) is 11.2 Å². The Morgan fingerprint density at radius 1 is 0.800 bits per heavy atom. The van der Waals surface area contributed by atoms with Gasteiger partial charge in [-0.2, -0.15) is 0 Å². The Labute approximate surface area is 204 Å². The number of hydrogen-bond acceptors (Lipinski definition) is 3. The van der Waals surface area contributed by atoms with E-state index in [-0.39, 0.29) is 17.7 Å². The summed E-state index contributed by atoms with van der Waals surface area (Å²) in [6, 6.07) is 34.8. The van der Waals surface area contributed by atoms with Crippen LogP contribution in [0.1, 0.15) is 28.7 Å². The van der Waals surface area contributed by atoms with Crippen molar-refractivity contribution >= 4 is 17.6 Å². The highest BCUT2D eigenvalue weighted by molar-refractivity contribution is 6.07. The second-order valence-corrected chi connectivity index (χ2v) is 8.70. The standard InChI is InChI=1S/C30H26N2O3/c33-26-18-16-24(17-19-26)28-21-31(25-14-8-3-9-15-25)30(35)32(28)29(34)27(23-12-6-2-7-13-23)20-22-10-4-1-5-11-22/h1-19,27-28,33H,20-21H2/t27-,28+/m0/s1. The number of hydrogen-bond donors (Lipinski definition) is 1. The number of urea groups is 1. The molecule has 0 bridgehead atoms. The van der Waals surface area contributed by atoms with E-state index in [0.29, 0.717) is 13.0 Å². The van der Waals surface area contributed by atoms with Crippen LogP contribution in [0.5, 0.6) is 5.75 Å². The summed E-state index contributed by atoms with van der Waals surface area (Å²) in [7, 11) is 0. The summed E-state index contributed by atoms with van der Waals surface area (Å²) in [6.45, 7) is 0.339. The molecule has 0 aromatic heterocycles. The van der Waals surface area contributed by atoms with Crippen molar-refractivity contribution in [3.8, 4) is 5.75 Å². The monoisotopic (exact) mass is 462 g/mol. The number of phenolic OH excluding ortho intramolecular Hbond substituents is 1. The highest BCUT2D eigenvalue weighted by Gasteiger charge is 2.45. The molecule has 0 saturated carbocycles. The molecular formula is C30H26N2O3. The highest BCUT2D eigenvalue weighted by atomic mass is 16.3. The van der Waals surface area contributed by atoms with E-state index in [4.69, 9.17) is 0 Å². The molecule has 1 aliphatic rings. The van der Waals surface area contributed by atoms with E-state index in [2.05, 4.69) is 0 Å². The third-order valence-corrected chi connectivity index (χ3v) is 6.47. The van der Waals surface area contributed by atoms with Crippen LogP contribution in [0.2, 0.25) is 0 Å². The van der Waals surface area contributed by atoms with Gasteiger partial charge in [-0.05, 0) is 47.4 Å². The van der Waals surface area contributed by atoms with E-state index >= 15 is 0 Å². The first kappa shape index (κ1) is 22.4. The fourth-order valence-electron chi connectivity index (χ4n) is 4.67. The summed E-state index contributed by atoms with van der Waals surface area (Å²) >= 11 is 0. The Morgan fingerprint density at radius 2 is 1.37 bits per heavy atom. The minimum atomic E-state index is -0.516. The lowest BCUT2D eigenvalue weighted by molar-refractivity contribution is -0.130. The van der Waals surface area contributed by atoms with Crippen molar-refractivity contribution < 1.29 is 14.7 Å². The van der Waals surface area contributed by atoms with Gasteiger partial charge in [-0.15, -0.1) is 0 Å². The van der Waals surface area contributed by atoms with E-state index in [9.17, 15) is 14.7 Å². The van der Waals surface area contributed by atoms with E-state index in [1.807, 2.05) is 91.0 Å². The number of rotatable bonds is 6. The summed E-state index contributed by atoms with van der Waals surface area (Å²) in [5, 5.41) is 9.80. The lowest BCUT2D eigenvalue weighted by atomic mass is 9.90. The summed E-state index contributed by atoms with van der Waals surface area (Å²) in [5.74, 6) is -0.610. The summed E-state index contributed by atoms with van der Waals surface area (Å²) in [6.07, 6.45) is 0.487. The Morgan fingerprint density at radius 3 is 2.00 bits per heavy atom. The minimum absolute atomic E-state index is 0.141. The number of amides is 3. The molecule has 0 radical (unpaired) electrons. The Hall–Kier alpha value is -4.38. The first-order valence-corrected chi connectivity index (χ1v) is 11.7. The molecule has 35 heavy (non-hydrogen) atoms. The van der Waals surface area contributed by atoms with Crippen LogP contribution < -0.4 is 4.90 Å². The van der Waals surface area contributed by atoms with Crippen molar-refractivity contribution in [3.63, 3.8) is 0 Å². The van der Waals surface area contributed by atoms with Gasteiger partial charge in [0.2, 0.25) is 5.91 Å². The molecule has 1 N–H and O–H groups in total. The molecule has 1 heterocycles. The van der Waals surface area contributed by atoms with Crippen LogP contribution in [0.3, 0.4) is 0 Å². The highest BCUT2D eigenvalue weighted by Crippen LogP contribution is 2.37. The maximum Gasteiger partial charge on any atom is 0.331 e. The molecule has 1 fully saturated rings. The van der Waals surface area contributed by atoms with Gasteiger partial charge in [-0.3, -0.25) is 14.6 Å². The summed E-state index contributed by atoms with van der Waals surface area (Å²) in [5.41, 5.74) is 3.45. The minimum Gasteiger partial charge on any atom is -0.508 e. The number of carbonyl (C=O) groups is 2. The molecule has 1 aliphatic heterocycles. The largest absolute Gasteiger partial charge is 0.508 e. The zero-order valence-electron chi connectivity index (χ0n) is 19.2. The fourth-order valence-corrected chi connectivity index (χ4v) is 4.67. The fraction of sp³-hybridized carbons (Fsp3) is 0.133. The third-order valence-electron chi connectivity index (χ3n) is 6.47. The third kappa shape index (κ3) is 4.66. The summed E-state index contributed by atoms with van der Waals surface area (Å²) in [4.78, 5) is 31.0. The SMILES string of the molecule is O=C([C@@H](Cc1ccccc1)c1ccccc1)N1C(=O)N(c2ccccc2)C[C@@H]1c1ccc(O)cc1. The van der Waals surface area contributed by atoms with Gasteiger partial charge in [0, 0.05) is 5.69 Å². The van der Waals surface area contributed by atoms with E-state index < -0.39 is 12.0 Å². The van der Waals surface area contributed by atoms with Gasteiger partial charge >= 0.3 is 6.03 Å². The maximum atomic E-state index is 14.2. The van der Waals surface area contributed by atoms with Gasteiger partial charge in [0.25, 0.3) is 0 Å². The molecule has 5 heteroatoms. The molecular weight excluding hydrogens is 436 g/mol. The van der Waals surface area contributed by atoms with Gasteiger partial charge in [0.05, 0.1) is 18.5 Å². The normalized spacial score (nSPS) is 16.3. The number of benzene rings is 4. The van der Waals surface area contributed by atoms with Crippen molar-refractivity contribution in [2.24, 2.45) is 0 Å². The Kier molecular flexibility index (Phi) is 6.31. The molecule has 174 valence electrons. The molecule has 0 aliphatic carbocycles. The van der Waals surface area contributed by atoms with Crippen molar-refractivity contribution in [1.29, 1.82) is 0 Å². The van der Waals surface area contributed by atoms with Crippen LogP contribution in [0.25, 0.3) is 0 Å². The van der Waals surface area contributed by atoms with Gasteiger partial charge < -0.3 is 5.11 Å². The number of nitrogens with zero attached hydrogens (tertiary/aromatic N) is 2. The molecule has 5 nitrogen and oxygen atoms in total. The van der Waals surface area contributed by atoms with Gasteiger partial charge in [-0.25, -0.2) is 4.79 Å². The molecule has 5 rings (SSSR count). The molecule has 2 atom stereocenters. The number of para-hydroxylation sites is 1. The van der Waals surface area contributed by atoms with E-state index in [1.54, 1.807) is 29.2 Å². The average Bonchev–Trinajstić information content (AvgIpc) is 3.26. The quantitative estimate of drug-likeness (QED) is 0.386. The van der Waals surface area contributed by atoms with Crippen LogP contribution in [-0.4, -0.2) is 28.5 Å². The number of aromatic hydroxyl groups is 1. The molecule has 1 saturated heterocycles. The molecule has 0 unspecified atom stereocenters. The predicted molar refractivity (Wildman–Crippen MR) is 136 cm³/mol. The van der Waals surface area contributed by atoms with Crippen LogP contribution in [0, 0.1) is 0 Å². The second kappa shape index (κ2) is 9.85. The zero-order valence-corrected chi connectivity index (χ0v) is 19.2. The average molecular weight is 463 g/mol. The molecule has 4 aromatic carbocycles. The predicted octanol–water partition coefficient (Wildman–Crippen LogP) is 5.93. The van der Waals surface area contributed by atoms with Crippen molar-refractivity contribution in [3.05, 3.63) is 132 Å². The topological polar surface area (TPSA) is 60.9 Å². The number of phenols is 1. The first-order valence-electron chi connectivity index (χ1n) is 11.7.